The van der Waals surface area contributed by atoms with E-state index < -0.39 is 78.3 Å². The second-order valence-electron chi connectivity index (χ2n) is 22.6. The zero-order valence-corrected chi connectivity index (χ0v) is 49.1. The lowest BCUT2D eigenvalue weighted by atomic mass is 9.85. The van der Waals surface area contributed by atoms with Crippen LogP contribution in [-0.4, -0.2) is 97.1 Å². The number of pyridine rings is 1. The number of likely N-dealkylation sites (tertiary alicyclic amines) is 1. The van der Waals surface area contributed by atoms with Crippen molar-refractivity contribution in [1.29, 1.82) is 0 Å². The van der Waals surface area contributed by atoms with Crippen LogP contribution in [0.25, 0.3) is 31.8 Å². The maximum absolute atomic E-state index is 14.8. The number of benzene rings is 5. The number of aromatic nitrogens is 3. The average Bonchev–Trinajstić information content (AvgIpc) is 3.03. The summed E-state index contributed by atoms with van der Waals surface area (Å²) in [6.45, 7) is 11.1. The van der Waals surface area contributed by atoms with Gasteiger partial charge in [0.1, 0.15) is 29.4 Å². The van der Waals surface area contributed by atoms with Gasteiger partial charge in [-0.25, -0.2) is 19.7 Å². The van der Waals surface area contributed by atoms with Crippen LogP contribution >= 0.6 is 22.7 Å². The molecule has 0 saturated carbocycles. The Morgan fingerprint density at radius 3 is 2.28 bits per heavy atom. The van der Waals surface area contributed by atoms with E-state index in [0.717, 1.165) is 43.0 Å². The van der Waals surface area contributed by atoms with Crippen molar-refractivity contribution < 1.29 is 52.1 Å². The van der Waals surface area contributed by atoms with E-state index in [-0.39, 0.29) is 35.9 Å². The standard InChI is InChI=1S/C64H63F3N8O8S2/c1-35-45(46-25-26-53(71-55(46)61(81)82)74-28-27-40-11-9-13-47(48(40)33-74)58(78)73-62-70-49-14-7-8-16-52(49)85-62)12-10-15-51(35)83-44-23-17-38(18-24-44)29-42(64(65,66)67)30-54(77)72-57(63(4,5)6)60(80)75-32-43(76)31-50(75)59(79)69-36(2)39-19-21-41(22-20-39)56-37(3)68-34-84-56/h7-26,34,36,42-43,50,57,76H,27-33H2,1-6H3,(H,69,79)(H,72,77)(H,81,82)(H,70,73,78)/t36-,42-,43+,50-,57+/m0/s1. The fourth-order valence-electron chi connectivity index (χ4n) is 11.0. The number of alkyl halides is 3. The number of carboxylic acid groups (broad SMARTS) is 1. The maximum atomic E-state index is 14.8. The lowest BCUT2D eigenvalue weighted by Gasteiger charge is -2.36. The molecule has 0 radical (unpaired) electrons. The number of ether oxygens (including phenoxy) is 1. The van der Waals surface area contributed by atoms with Gasteiger partial charge in [-0.15, -0.1) is 11.3 Å². The fraction of sp³-hybridized carbons (Fsp3) is 0.312. The van der Waals surface area contributed by atoms with E-state index in [0.29, 0.717) is 58.5 Å². The Kier molecular flexibility index (Phi) is 17.2. The molecule has 1 fully saturated rings. The van der Waals surface area contributed by atoms with Crippen molar-refractivity contribution in [3.8, 4) is 33.1 Å². The van der Waals surface area contributed by atoms with E-state index in [1.807, 2.05) is 72.5 Å². The zero-order valence-electron chi connectivity index (χ0n) is 47.5. The van der Waals surface area contributed by atoms with Crippen LogP contribution in [0.3, 0.4) is 0 Å². The number of aliphatic hydroxyl groups is 1. The monoisotopic (exact) mass is 1190 g/mol. The normalized spacial score (nSPS) is 16.3. The summed E-state index contributed by atoms with van der Waals surface area (Å²) in [6.07, 6.45) is -6.91. The molecule has 440 valence electrons. The average molecular weight is 1190 g/mol. The number of carbonyl (C=O) groups is 5. The molecule has 3 aromatic heterocycles. The summed E-state index contributed by atoms with van der Waals surface area (Å²) in [5, 5.41) is 30.2. The number of fused-ring (bicyclic) bond motifs is 2. The van der Waals surface area contributed by atoms with Crippen LogP contribution in [0.1, 0.15) is 101 Å². The van der Waals surface area contributed by atoms with Gasteiger partial charge >= 0.3 is 12.1 Å². The predicted octanol–water partition coefficient (Wildman–Crippen LogP) is 11.9. The van der Waals surface area contributed by atoms with Crippen LogP contribution in [0.4, 0.5) is 24.1 Å². The van der Waals surface area contributed by atoms with Gasteiger partial charge in [-0.1, -0.05) is 105 Å². The van der Waals surface area contributed by atoms with E-state index in [9.17, 15) is 47.4 Å². The first-order valence-corrected chi connectivity index (χ1v) is 29.5. The van der Waals surface area contributed by atoms with Crippen LogP contribution < -0.4 is 25.6 Å². The molecule has 10 rings (SSSR count). The Hall–Kier alpha value is -8.53. The molecular weight excluding hydrogens is 1130 g/mol. The van der Waals surface area contributed by atoms with Crippen molar-refractivity contribution in [2.45, 2.75) is 104 Å². The molecule has 16 nitrogen and oxygen atoms in total. The van der Waals surface area contributed by atoms with Crippen molar-refractivity contribution >= 4 is 73.4 Å². The van der Waals surface area contributed by atoms with Gasteiger partial charge in [0.05, 0.1) is 44.4 Å². The maximum Gasteiger partial charge on any atom is 0.392 e. The molecule has 0 spiro atoms. The molecule has 2 aliphatic rings. The molecule has 2 aliphatic heterocycles. The van der Waals surface area contributed by atoms with E-state index >= 15 is 0 Å². The summed E-state index contributed by atoms with van der Waals surface area (Å²) in [5.74, 6) is -4.88. The highest BCUT2D eigenvalue weighted by atomic mass is 32.1. The van der Waals surface area contributed by atoms with Gasteiger partial charge in [-0.05, 0) is 127 Å². The zero-order chi connectivity index (χ0) is 60.5. The van der Waals surface area contributed by atoms with Gasteiger partial charge in [-0.3, -0.25) is 24.5 Å². The largest absolute Gasteiger partial charge is 0.476 e. The number of thiazole rings is 2. The number of amides is 4. The number of aromatic carboxylic acids is 1. The van der Waals surface area contributed by atoms with Crippen molar-refractivity contribution in [2.24, 2.45) is 11.3 Å². The molecule has 5 N–H and O–H groups in total. The molecule has 0 unspecified atom stereocenters. The minimum atomic E-state index is -4.81. The molecule has 8 aromatic rings. The number of hydrogen-bond acceptors (Lipinski definition) is 13. The molecule has 0 bridgehead atoms. The number of para-hydroxylation sites is 1. The molecule has 0 aliphatic carbocycles. The van der Waals surface area contributed by atoms with E-state index in [2.05, 4.69) is 30.9 Å². The number of aryl methyl sites for hydroxylation is 1. The summed E-state index contributed by atoms with van der Waals surface area (Å²) >= 11 is 2.90. The number of rotatable bonds is 17. The number of carbonyl (C=O) groups excluding carboxylic acids is 4. The van der Waals surface area contributed by atoms with E-state index in [1.165, 1.54) is 51.8 Å². The Morgan fingerprint density at radius 1 is 0.847 bits per heavy atom. The Morgan fingerprint density at radius 2 is 1.59 bits per heavy atom. The third-order valence-corrected chi connectivity index (χ3v) is 17.5. The summed E-state index contributed by atoms with van der Waals surface area (Å²) in [4.78, 5) is 86.1. The molecule has 85 heavy (non-hydrogen) atoms. The number of nitrogens with zero attached hydrogens (tertiary/aromatic N) is 5. The van der Waals surface area contributed by atoms with Gasteiger partial charge in [0, 0.05) is 43.6 Å². The molecular formula is C64H63F3N8O8S2. The second kappa shape index (κ2) is 24.6. The van der Waals surface area contributed by atoms with Crippen LogP contribution in [0.5, 0.6) is 11.5 Å². The fourth-order valence-corrected chi connectivity index (χ4v) is 12.6. The number of nitrogens with one attached hydrogen (secondary N) is 3. The van der Waals surface area contributed by atoms with Crippen molar-refractivity contribution in [3.05, 3.63) is 172 Å². The van der Waals surface area contributed by atoms with Gasteiger partial charge in [0.15, 0.2) is 10.8 Å². The molecule has 5 heterocycles. The smallest absolute Gasteiger partial charge is 0.392 e. The number of carboxylic acids is 1. The molecule has 5 aromatic carbocycles. The first-order chi connectivity index (χ1) is 40.5. The first kappa shape index (κ1) is 59.6. The Labute approximate surface area is 497 Å². The second-order valence-corrected chi connectivity index (χ2v) is 24.5. The minimum absolute atomic E-state index is 0.0679. The van der Waals surface area contributed by atoms with Gasteiger partial charge in [-0.2, -0.15) is 13.2 Å². The minimum Gasteiger partial charge on any atom is -0.476 e. The molecule has 21 heteroatoms. The Balaban J connectivity index is 0.775. The summed E-state index contributed by atoms with van der Waals surface area (Å²) in [7, 11) is 0. The predicted molar refractivity (Wildman–Crippen MR) is 321 cm³/mol. The summed E-state index contributed by atoms with van der Waals surface area (Å²) < 4.78 is 51.6. The molecule has 4 amide bonds. The summed E-state index contributed by atoms with van der Waals surface area (Å²) in [6, 6.07) is 32.5. The molecule has 1 saturated heterocycles. The first-order valence-electron chi connectivity index (χ1n) is 27.8. The van der Waals surface area contributed by atoms with Gasteiger partial charge in [0.25, 0.3) is 5.91 Å². The quantitative estimate of drug-likeness (QED) is 0.0576. The van der Waals surface area contributed by atoms with Crippen LogP contribution in [-0.2, 0) is 33.8 Å². The Bertz CT molecular complexity index is 3790. The van der Waals surface area contributed by atoms with Crippen molar-refractivity contribution in [3.63, 3.8) is 0 Å². The highest BCUT2D eigenvalue weighted by Crippen LogP contribution is 2.39. The van der Waals surface area contributed by atoms with Crippen LogP contribution in [0.2, 0.25) is 0 Å². The third kappa shape index (κ3) is 13.4. The molecule has 5 atom stereocenters. The van der Waals surface area contributed by atoms with Gasteiger partial charge in [0.2, 0.25) is 17.7 Å². The van der Waals surface area contributed by atoms with Gasteiger partial charge < -0.3 is 35.4 Å². The number of halogens is 3. The third-order valence-electron chi connectivity index (χ3n) is 15.6. The van der Waals surface area contributed by atoms with Crippen LogP contribution in [0, 0.1) is 25.2 Å². The SMILES string of the molecule is Cc1ncsc1-c1ccc([C@H](C)NC(=O)[C@@H]2C[C@@H](O)CN2C(=O)[C@@H](NC(=O)C[C@H](Cc2ccc(Oc3cccc(-c4ccc(N5CCc6cccc(C(=O)Nc7nc8ccccc8s7)c6C5)nc4C(=O)O)c3C)cc2)C(F)(F)F)C(C)(C)C)cc1. The van der Waals surface area contributed by atoms with E-state index in [1.54, 1.807) is 76.5 Å². The lowest BCUT2D eigenvalue weighted by molar-refractivity contribution is -0.179. The van der Waals surface area contributed by atoms with E-state index in [4.69, 9.17) is 4.74 Å². The number of anilines is 2. The van der Waals surface area contributed by atoms with Crippen molar-refractivity contribution in [2.75, 3.05) is 23.3 Å². The number of hydrogen-bond donors (Lipinski definition) is 5. The number of β-amino-alcohol motifs (C(OH)–C–C–N with tert-alkyl or cyclic N) is 1. The van der Waals surface area contributed by atoms with Crippen molar-refractivity contribution in [1.82, 2.24) is 30.5 Å². The highest BCUT2D eigenvalue weighted by Gasteiger charge is 2.46. The highest BCUT2D eigenvalue weighted by molar-refractivity contribution is 7.22. The number of aliphatic hydroxyl groups excluding tert-OH is 1. The lowest BCUT2D eigenvalue weighted by Crippen LogP contribution is -2.58. The topological polar surface area (TPSA) is 216 Å². The van der Waals surface area contributed by atoms with Crippen LogP contribution in [0.15, 0.2) is 127 Å². The summed E-state index contributed by atoms with van der Waals surface area (Å²) in [5.41, 5.74) is 8.02.